The summed E-state index contributed by atoms with van der Waals surface area (Å²) in [6.45, 7) is 5.86. The Morgan fingerprint density at radius 2 is 2.03 bits per heavy atom. The molecule has 4 rings (SSSR count). The van der Waals surface area contributed by atoms with Gasteiger partial charge in [-0.05, 0) is 95.1 Å². The van der Waals surface area contributed by atoms with Gasteiger partial charge in [-0.2, -0.15) is 0 Å². The first-order valence-corrected chi connectivity index (χ1v) is 11.5. The Morgan fingerprint density at radius 3 is 2.83 bits per heavy atom. The largest absolute Gasteiger partial charge is 0.495 e. The fourth-order valence-electron chi connectivity index (χ4n) is 6.25. The molecule has 4 atom stereocenters. The Bertz CT molecular complexity index is 720. The Morgan fingerprint density at radius 1 is 1.24 bits per heavy atom. The van der Waals surface area contributed by atoms with Gasteiger partial charge in [-0.3, -0.25) is 9.69 Å². The minimum atomic E-state index is 0.0909. The molecule has 3 heterocycles. The average molecular weight is 400 g/mol. The van der Waals surface area contributed by atoms with Crippen LogP contribution in [0.3, 0.4) is 0 Å². The van der Waals surface area contributed by atoms with Crippen LogP contribution in [-0.4, -0.2) is 61.6 Å². The second-order valence-electron chi connectivity index (χ2n) is 9.39. The molecule has 0 aliphatic carbocycles. The molecule has 5 nitrogen and oxygen atoms in total. The minimum Gasteiger partial charge on any atom is -0.495 e. The Hall–Kier alpha value is -1.59. The average Bonchev–Trinajstić information content (AvgIpc) is 2.70. The zero-order chi connectivity index (χ0) is 20.4. The fraction of sp³-hybridized carbons (Fsp3) is 0.708. The van der Waals surface area contributed by atoms with Crippen LogP contribution in [0.5, 0.6) is 5.75 Å². The van der Waals surface area contributed by atoms with Crippen LogP contribution in [0.4, 0.5) is 5.69 Å². The van der Waals surface area contributed by atoms with Gasteiger partial charge in [0.2, 0.25) is 5.91 Å². The molecule has 5 heteroatoms. The van der Waals surface area contributed by atoms with Crippen LogP contribution in [0.2, 0.25) is 0 Å². The number of nitrogens with zero attached hydrogens (tertiary/aromatic N) is 2. The molecule has 1 aromatic rings. The van der Waals surface area contributed by atoms with Crippen molar-refractivity contribution in [1.29, 1.82) is 0 Å². The quantitative estimate of drug-likeness (QED) is 0.788. The molecule has 0 bridgehead atoms. The van der Waals surface area contributed by atoms with Gasteiger partial charge in [-0.1, -0.05) is 6.07 Å². The van der Waals surface area contributed by atoms with Crippen LogP contribution in [0.1, 0.15) is 50.5 Å². The Labute approximate surface area is 175 Å². The van der Waals surface area contributed by atoms with Crippen LogP contribution in [0, 0.1) is 18.8 Å². The number of likely N-dealkylation sites (tertiary alicyclic amines) is 1. The lowest BCUT2D eigenvalue weighted by molar-refractivity contribution is -0.116. The van der Waals surface area contributed by atoms with E-state index in [-0.39, 0.29) is 5.91 Å². The van der Waals surface area contributed by atoms with Crippen molar-refractivity contribution < 1.29 is 9.53 Å². The van der Waals surface area contributed by atoms with Gasteiger partial charge < -0.3 is 15.0 Å². The van der Waals surface area contributed by atoms with Crippen molar-refractivity contribution in [3.63, 3.8) is 0 Å². The molecule has 1 amide bonds. The summed E-state index contributed by atoms with van der Waals surface area (Å²) in [4.78, 5) is 18.0. The van der Waals surface area contributed by atoms with E-state index in [1.807, 2.05) is 25.1 Å². The van der Waals surface area contributed by atoms with Gasteiger partial charge in [-0.25, -0.2) is 0 Å². The second kappa shape index (κ2) is 9.05. The third-order valence-electron chi connectivity index (χ3n) is 7.46. The highest BCUT2D eigenvalue weighted by atomic mass is 16.5. The lowest BCUT2D eigenvalue weighted by Gasteiger charge is -2.57. The number of amides is 1. The van der Waals surface area contributed by atoms with E-state index in [1.165, 1.54) is 45.3 Å². The van der Waals surface area contributed by atoms with Gasteiger partial charge >= 0.3 is 0 Å². The number of hydrogen-bond donors (Lipinski definition) is 1. The van der Waals surface area contributed by atoms with Gasteiger partial charge in [0.25, 0.3) is 0 Å². The summed E-state index contributed by atoms with van der Waals surface area (Å²) in [6.07, 6.45) is 8.11. The van der Waals surface area contributed by atoms with Crippen LogP contribution in [0.15, 0.2) is 18.2 Å². The number of aryl methyl sites for hydroxylation is 1. The SMILES string of the molecule is COc1ccc(C)cc1NC(=O)CCC[C@@H]1[C@H]2CCCN3CCC[C@@H](CN1C)[C@@H]23. The van der Waals surface area contributed by atoms with Crippen LogP contribution >= 0.6 is 0 Å². The number of ether oxygens (including phenoxy) is 1. The van der Waals surface area contributed by atoms with Gasteiger partial charge in [0, 0.05) is 25.0 Å². The van der Waals surface area contributed by atoms with Crippen LogP contribution in [0.25, 0.3) is 0 Å². The number of piperidine rings is 3. The maximum Gasteiger partial charge on any atom is 0.224 e. The lowest BCUT2D eigenvalue weighted by atomic mass is 9.69. The van der Waals surface area contributed by atoms with E-state index in [0.29, 0.717) is 12.5 Å². The molecule has 3 aliphatic heterocycles. The smallest absolute Gasteiger partial charge is 0.224 e. The van der Waals surface area contributed by atoms with E-state index in [9.17, 15) is 4.79 Å². The molecular formula is C24H37N3O2. The molecule has 0 aromatic heterocycles. The van der Waals surface area contributed by atoms with Crippen molar-refractivity contribution >= 4 is 11.6 Å². The van der Waals surface area contributed by atoms with Crippen molar-refractivity contribution in [3.05, 3.63) is 23.8 Å². The summed E-state index contributed by atoms with van der Waals surface area (Å²) >= 11 is 0. The molecule has 3 saturated heterocycles. The molecular weight excluding hydrogens is 362 g/mol. The van der Waals surface area contributed by atoms with E-state index in [1.54, 1.807) is 7.11 Å². The summed E-state index contributed by atoms with van der Waals surface area (Å²) in [6, 6.07) is 7.31. The number of carbonyl (C=O) groups excluding carboxylic acids is 1. The van der Waals surface area contributed by atoms with Crippen molar-refractivity contribution in [1.82, 2.24) is 9.80 Å². The maximum atomic E-state index is 12.6. The summed E-state index contributed by atoms with van der Waals surface area (Å²) < 4.78 is 5.38. The van der Waals surface area contributed by atoms with Gasteiger partial charge in [0.05, 0.1) is 12.8 Å². The summed E-state index contributed by atoms with van der Waals surface area (Å²) in [7, 11) is 3.96. The van der Waals surface area contributed by atoms with E-state index in [2.05, 4.69) is 22.2 Å². The van der Waals surface area contributed by atoms with Crippen molar-refractivity contribution in [3.8, 4) is 5.75 Å². The van der Waals surface area contributed by atoms with E-state index in [4.69, 9.17) is 4.74 Å². The predicted octanol–water partition coefficient (Wildman–Crippen LogP) is 3.92. The zero-order valence-electron chi connectivity index (χ0n) is 18.3. The highest BCUT2D eigenvalue weighted by molar-refractivity contribution is 5.92. The number of carbonyl (C=O) groups is 1. The molecule has 3 fully saturated rings. The van der Waals surface area contributed by atoms with E-state index in [0.717, 1.165) is 47.7 Å². The Balaban J connectivity index is 1.33. The summed E-state index contributed by atoms with van der Waals surface area (Å²) in [5.41, 5.74) is 1.90. The molecule has 3 aliphatic rings. The van der Waals surface area contributed by atoms with Crippen molar-refractivity contribution in [2.75, 3.05) is 39.1 Å². The predicted molar refractivity (Wildman–Crippen MR) is 117 cm³/mol. The lowest BCUT2D eigenvalue weighted by Crippen LogP contribution is -2.63. The molecule has 0 spiro atoms. The molecule has 0 unspecified atom stereocenters. The van der Waals surface area contributed by atoms with E-state index < -0.39 is 0 Å². The van der Waals surface area contributed by atoms with Crippen molar-refractivity contribution in [2.24, 2.45) is 11.8 Å². The number of benzene rings is 1. The van der Waals surface area contributed by atoms with E-state index >= 15 is 0 Å². The third kappa shape index (κ3) is 4.46. The monoisotopic (exact) mass is 399 g/mol. The number of methoxy groups -OCH3 is 1. The number of hydrogen-bond acceptors (Lipinski definition) is 4. The van der Waals surface area contributed by atoms with Gasteiger partial charge in [-0.15, -0.1) is 0 Å². The van der Waals surface area contributed by atoms with Crippen LogP contribution < -0.4 is 10.1 Å². The molecule has 1 N–H and O–H groups in total. The van der Waals surface area contributed by atoms with Crippen molar-refractivity contribution in [2.45, 2.75) is 64.0 Å². The number of anilines is 1. The van der Waals surface area contributed by atoms with Gasteiger partial charge in [0.1, 0.15) is 5.75 Å². The maximum absolute atomic E-state index is 12.6. The molecule has 29 heavy (non-hydrogen) atoms. The minimum absolute atomic E-state index is 0.0909. The van der Waals surface area contributed by atoms with Crippen LogP contribution in [-0.2, 0) is 4.79 Å². The first-order valence-electron chi connectivity index (χ1n) is 11.5. The van der Waals surface area contributed by atoms with Gasteiger partial charge in [0.15, 0.2) is 0 Å². The second-order valence-corrected chi connectivity index (χ2v) is 9.39. The third-order valence-corrected chi connectivity index (χ3v) is 7.46. The first kappa shape index (κ1) is 20.7. The fourth-order valence-corrected chi connectivity index (χ4v) is 6.25. The molecule has 0 radical (unpaired) electrons. The highest BCUT2D eigenvalue weighted by Gasteiger charge is 2.47. The molecule has 0 saturated carbocycles. The number of nitrogens with one attached hydrogen (secondary N) is 1. The summed E-state index contributed by atoms with van der Waals surface area (Å²) in [5.74, 6) is 2.45. The molecule has 160 valence electrons. The number of rotatable bonds is 6. The Kier molecular flexibility index (Phi) is 6.45. The topological polar surface area (TPSA) is 44.8 Å². The highest BCUT2D eigenvalue weighted by Crippen LogP contribution is 2.42. The summed E-state index contributed by atoms with van der Waals surface area (Å²) in [5, 5.41) is 3.05. The molecule has 1 aromatic carbocycles. The standard InChI is InChI=1S/C24H37N3O2/c1-17-11-12-22(29-3)20(15-17)25-23(28)10-4-9-21-19-8-6-14-27-13-5-7-18(24(19)27)16-26(21)2/h11-12,15,18-19,21,24H,4-10,13-14,16H2,1-3H3,(H,25,28)/t18-,19+,21+,24-/m0/s1. The first-order chi connectivity index (χ1) is 14.1. The normalized spacial score (nSPS) is 29.9. The zero-order valence-corrected chi connectivity index (χ0v) is 18.3.